The molecule has 1 atom stereocenters. The molecule has 8 heteroatoms. The summed E-state index contributed by atoms with van der Waals surface area (Å²) in [5, 5.41) is 5.48. The lowest BCUT2D eigenvalue weighted by molar-refractivity contribution is -0.169. The summed E-state index contributed by atoms with van der Waals surface area (Å²) >= 11 is 0. The number of imide groups is 1. The molecule has 0 saturated carbocycles. The molecule has 3 saturated heterocycles. The summed E-state index contributed by atoms with van der Waals surface area (Å²) in [4.78, 5) is 30.0. The number of hydrogen-bond donors (Lipinski definition) is 2. The van der Waals surface area contributed by atoms with Crippen molar-refractivity contribution < 1.29 is 19.1 Å². The van der Waals surface area contributed by atoms with E-state index >= 15 is 0 Å². The van der Waals surface area contributed by atoms with Gasteiger partial charge in [-0.05, 0) is 25.5 Å². The van der Waals surface area contributed by atoms with Gasteiger partial charge in [-0.1, -0.05) is 0 Å². The predicted molar refractivity (Wildman–Crippen MR) is 94.9 cm³/mol. The lowest BCUT2D eigenvalue weighted by Crippen LogP contribution is -2.47. The van der Waals surface area contributed by atoms with Gasteiger partial charge in [0.15, 0.2) is 5.79 Å². The van der Waals surface area contributed by atoms with E-state index in [0.29, 0.717) is 31.9 Å². The van der Waals surface area contributed by atoms with Gasteiger partial charge in [-0.2, -0.15) is 0 Å². The largest absolute Gasteiger partial charge is 0.370 e. The molecular formula is C18H24N4O4. The molecule has 3 aliphatic rings. The van der Waals surface area contributed by atoms with Gasteiger partial charge in [0.25, 0.3) is 0 Å². The maximum Gasteiger partial charge on any atom is 0.249 e. The molecule has 2 amide bonds. The van der Waals surface area contributed by atoms with Crippen LogP contribution in [-0.4, -0.2) is 54.9 Å². The van der Waals surface area contributed by atoms with Crippen molar-refractivity contribution in [2.75, 3.05) is 36.5 Å². The molecule has 0 bridgehead atoms. The second kappa shape index (κ2) is 6.85. The number of nitrogens with zero attached hydrogens (tertiary/aromatic N) is 2. The van der Waals surface area contributed by atoms with Gasteiger partial charge in [0.05, 0.1) is 24.6 Å². The van der Waals surface area contributed by atoms with Gasteiger partial charge in [0.1, 0.15) is 11.9 Å². The van der Waals surface area contributed by atoms with Gasteiger partial charge in [-0.25, -0.2) is 4.98 Å². The molecule has 0 aliphatic carbocycles. The van der Waals surface area contributed by atoms with Gasteiger partial charge in [-0.15, -0.1) is 0 Å². The molecule has 4 rings (SSSR count). The number of aromatic nitrogens is 1. The molecule has 26 heavy (non-hydrogen) atoms. The number of amides is 2. The predicted octanol–water partition coefficient (Wildman–Crippen LogP) is 0.950. The lowest BCUT2D eigenvalue weighted by atomic mass is 10.0. The van der Waals surface area contributed by atoms with E-state index in [1.807, 2.05) is 19.1 Å². The Morgan fingerprint density at radius 2 is 1.96 bits per heavy atom. The number of piperidine rings is 2. The molecule has 2 N–H and O–H groups in total. The Labute approximate surface area is 152 Å². The van der Waals surface area contributed by atoms with Gasteiger partial charge < -0.3 is 19.7 Å². The number of pyridine rings is 1. The lowest BCUT2D eigenvalue weighted by Gasteiger charge is -2.39. The highest BCUT2D eigenvalue weighted by molar-refractivity contribution is 6.01. The van der Waals surface area contributed by atoms with Gasteiger partial charge in [0.2, 0.25) is 11.8 Å². The van der Waals surface area contributed by atoms with Crippen LogP contribution < -0.4 is 15.5 Å². The summed E-state index contributed by atoms with van der Waals surface area (Å²) in [5.74, 6) is -0.240. The number of hydrogen-bond acceptors (Lipinski definition) is 7. The summed E-state index contributed by atoms with van der Waals surface area (Å²) in [7, 11) is 0. The fourth-order valence-corrected chi connectivity index (χ4v) is 3.85. The van der Waals surface area contributed by atoms with Crippen molar-refractivity contribution in [3.05, 3.63) is 17.8 Å². The SMILES string of the molecule is Cc1nc(NC2CCC(=O)NC2=O)ccc1N1CCC2(CC1)OCCO2. The Kier molecular flexibility index (Phi) is 4.54. The zero-order chi connectivity index (χ0) is 18.1. The van der Waals surface area contributed by atoms with E-state index in [1.54, 1.807) is 0 Å². The normalized spacial score (nSPS) is 25.4. The van der Waals surface area contributed by atoms with E-state index in [0.717, 1.165) is 37.3 Å². The second-order valence-electron chi connectivity index (χ2n) is 7.04. The number of rotatable bonds is 3. The molecule has 1 spiro atoms. The first-order chi connectivity index (χ1) is 12.5. The maximum absolute atomic E-state index is 11.9. The van der Waals surface area contributed by atoms with E-state index in [9.17, 15) is 9.59 Å². The van der Waals surface area contributed by atoms with Crippen molar-refractivity contribution >= 4 is 23.3 Å². The second-order valence-corrected chi connectivity index (χ2v) is 7.04. The third-order valence-electron chi connectivity index (χ3n) is 5.30. The number of aryl methyl sites for hydroxylation is 1. The van der Waals surface area contributed by atoms with Crippen LogP contribution in [0.5, 0.6) is 0 Å². The van der Waals surface area contributed by atoms with E-state index in [1.165, 1.54) is 0 Å². The van der Waals surface area contributed by atoms with Crippen LogP contribution in [0, 0.1) is 6.92 Å². The van der Waals surface area contributed by atoms with Crippen LogP contribution in [0.1, 0.15) is 31.4 Å². The third kappa shape index (κ3) is 3.39. The van der Waals surface area contributed by atoms with Crippen LogP contribution in [0.2, 0.25) is 0 Å². The van der Waals surface area contributed by atoms with Gasteiger partial charge in [0, 0.05) is 32.4 Å². The van der Waals surface area contributed by atoms with Crippen molar-refractivity contribution in [2.24, 2.45) is 0 Å². The van der Waals surface area contributed by atoms with E-state index < -0.39 is 6.04 Å². The average Bonchev–Trinajstić information content (AvgIpc) is 3.07. The molecule has 140 valence electrons. The number of carbonyl (C=O) groups excluding carboxylic acids is 2. The first-order valence-corrected chi connectivity index (χ1v) is 9.15. The summed E-state index contributed by atoms with van der Waals surface area (Å²) in [6.07, 6.45) is 2.53. The Bertz CT molecular complexity index is 707. The van der Waals surface area contributed by atoms with Crippen LogP contribution in [0.4, 0.5) is 11.5 Å². The fourth-order valence-electron chi connectivity index (χ4n) is 3.85. The smallest absolute Gasteiger partial charge is 0.249 e. The zero-order valence-electron chi connectivity index (χ0n) is 14.9. The van der Waals surface area contributed by atoms with Crippen molar-refractivity contribution in [1.82, 2.24) is 10.3 Å². The zero-order valence-corrected chi connectivity index (χ0v) is 14.9. The molecule has 3 fully saturated rings. The molecule has 1 aromatic rings. The molecule has 0 radical (unpaired) electrons. The molecule has 8 nitrogen and oxygen atoms in total. The van der Waals surface area contributed by atoms with Crippen molar-refractivity contribution in [2.45, 2.75) is 44.4 Å². The minimum absolute atomic E-state index is 0.217. The highest BCUT2D eigenvalue weighted by atomic mass is 16.7. The Balaban J connectivity index is 1.40. The first kappa shape index (κ1) is 17.2. The van der Waals surface area contributed by atoms with Gasteiger partial charge >= 0.3 is 0 Å². The Hall–Kier alpha value is -2.19. The molecule has 0 aromatic carbocycles. The minimum atomic E-state index is -0.419. The summed E-state index contributed by atoms with van der Waals surface area (Å²) in [6.45, 7) is 5.06. The number of nitrogens with one attached hydrogen (secondary N) is 2. The van der Waals surface area contributed by atoms with E-state index in [4.69, 9.17) is 9.47 Å². The summed E-state index contributed by atoms with van der Waals surface area (Å²) in [6, 6.07) is 3.50. The van der Waals surface area contributed by atoms with Crippen LogP contribution in [-0.2, 0) is 19.1 Å². The number of anilines is 2. The standard InChI is InChI=1S/C18H24N4O4/c1-12-14(22-8-6-18(7-9-22)25-10-11-26-18)3-4-15(19-12)20-13-2-5-16(23)21-17(13)24/h3-4,13H,2,5-11H2,1H3,(H,19,20)(H,21,23,24). The third-order valence-corrected chi connectivity index (χ3v) is 5.30. The number of ether oxygens (including phenoxy) is 2. The molecule has 1 unspecified atom stereocenters. The monoisotopic (exact) mass is 360 g/mol. The quantitative estimate of drug-likeness (QED) is 0.775. The summed E-state index contributed by atoms with van der Waals surface area (Å²) in [5.41, 5.74) is 2.00. The molecule has 3 aliphatic heterocycles. The highest BCUT2D eigenvalue weighted by Crippen LogP contribution is 2.34. The first-order valence-electron chi connectivity index (χ1n) is 9.15. The van der Waals surface area contributed by atoms with Crippen molar-refractivity contribution in [3.8, 4) is 0 Å². The topological polar surface area (TPSA) is 92.8 Å². The van der Waals surface area contributed by atoms with Crippen molar-refractivity contribution in [1.29, 1.82) is 0 Å². The van der Waals surface area contributed by atoms with E-state index in [2.05, 4.69) is 20.5 Å². The van der Waals surface area contributed by atoms with Gasteiger partial charge in [-0.3, -0.25) is 14.9 Å². The highest BCUT2D eigenvalue weighted by Gasteiger charge is 2.40. The molecule has 4 heterocycles. The Morgan fingerprint density at radius 1 is 1.23 bits per heavy atom. The number of carbonyl (C=O) groups is 2. The van der Waals surface area contributed by atoms with Crippen LogP contribution >= 0.6 is 0 Å². The fraction of sp³-hybridized carbons (Fsp3) is 0.611. The minimum Gasteiger partial charge on any atom is -0.370 e. The van der Waals surface area contributed by atoms with Crippen molar-refractivity contribution in [3.63, 3.8) is 0 Å². The Morgan fingerprint density at radius 3 is 2.62 bits per heavy atom. The summed E-state index contributed by atoms with van der Waals surface area (Å²) < 4.78 is 11.6. The van der Waals surface area contributed by atoms with Crippen LogP contribution in [0.25, 0.3) is 0 Å². The van der Waals surface area contributed by atoms with Crippen LogP contribution in [0.15, 0.2) is 12.1 Å². The maximum atomic E-state index is 11.9. The van der Waals surface area contributed by atoms with Crippen LogP contribution in [0.3, 0.4) is 0 Å². The average molecular weight is 360 g/mol. The molecule has 1 aromatic heterocycles. The van der Waals surface area contributed by atoms with E-state index in [-0.39, 0.29) is 17.6 Å². The molecular weight excluding hydrogens is 336 g/mol.